The Bertz CT molecular complexity index is 218. The van der Waals surface area contributed by atoms with Crippen LogP contribution in [0, 0.1) is 0 Å². The van der Waals surface area contributed by atoms with Gasteiger partial charge < -0.3 is 0 Å². The van der Waals surface area contributed by atoms with Gasteiger partial charge in [-0.3, -0.25) is 4.98 Å². The molecule has 0 amide bonds. The maximum atomic E-state index is 4.10. The smallest absolute Gasteiger partial charge is 0.0343 e. The van der Waals surface area contributed by atoms with Gasteiger partial charge >= 0.3 is 0 Å². The third-order valence-corrected chi connectivity index (χ3v) is 1.64. The van der Waals surface area contributed by atoms with Crippen molar-refractivity contribution in [1.29, 1.82) is 0 Å². The molecule has 0 aliphatic carbocycles. The minimum absolute atomic E-state index is 0.686. The lowest BCUT2D eigenvalue weighted by Crippen LogP contribution is -1.83. The number of hydrogen-bond donors (Lipinski definition) is 1. The van der Waals surface area contributed by atoms with Gasteiger partial charge in [-0.1, -0.05) is 12.6 Å². The van der Waals surface area contributed by atoms with Crippen LogP contribution in [0.15, 0.2) is 31.1 Å². The van der Waals surface area contributed by atoms with Crippen LogP contribution in [0.4, 0.5) is 0 Å². The van der Waals surface area contributed by atoms with Crippen LogP contribution in [0.25, 0.3) is 5.57 Å². The molecule has 1 rings (SSSR count). The van der Waals surface area contributed by atoms with Crippen LogP contribution in [-0.2, 0) is 0 Å². The normalized spacial score (nSPS) is 9.30. The minimum atomic E-state index is 0.686. The molecule has 0 spiro atoms. The minimum Gasteiger partial charge on any atom is -0.264 e. The average molecular weight is 151 g/mol. The standard InChI is InChI=1S/C8H9NS/c1-7(6-10)8-3-2-4-9-5-8/h2-5,10H,1,6H2. The van der Waals surface area contributed by atoms with Gasteiger partial charge in [0.25, 0.3) is 0 Å². The summed E-state index contributed by atoms with van der Waals surface area (Å²) in [5.74, 6) is 0.686. The fourth-order valence-corrected chi connectivity index (χ4v) is 0.846. The number of rotatable bonds is 2. The monoisotopic (exact) mass is 151 g/mol. The number of pyridine rings is 1. The highest BCUT2D eigenvalue weighted by Gasteiger charge is 1.92. The molecule has 0 atom stereocenters. The molecule has 0 aromatic carbocycles. The summed E-state index contributed by atoms with van der Waals surface area (Å²) in [5.41, 5.74) is 2.08. The second-order valence-corrected chi connectivity index (χ2v) is 2.32. The highest BCUT2D eigenvalue weighted by Crippen LogP contribution is 2.10. The molecule has 0 aliphatic heterocycles. The van der Waals surface area contributed by atoms with Crippen LogP contribution in [0.3, 0.4) is 0 Å². The average Bonchev–Trinajstić information content (AvgIpc) is 2.05. The molecule has 0 unspecified atom stereocenters. The number of aromatic nitrogens is 1. The van der Waals surface area contributed by atoms with Gasteiger partial charge in [-0.2, -0.15) is 12.6 Å². The van der Waals surface area contributed by atoms with Crippen LogP contribution in [0.1, 0.15) is 5.56 Å². The lowest BCUT2D eigenvalue weighted by molar-refractivity contribution is 1.31. The molecule has 10 heavy (non-hydrogen) atoms. The van der Waals surface area contributed by atoms with Crippen molar-refractivity contribution in [3.63, 3.8) is 0 Å². The van der Waals surface area contributed by atoms with E-state index in [4.69, 9.17) is 0 Å². The van der Waals surface area contributed by atoms with Gasteiger partial charge in [-0.05, 0) is 17.2 Å². The van der Waals surface area contributed by atoms with Gasteiger partial charge in [-0.25, -0.2) is 0 Å². The molecule has 0 saturated heterocycles. The van der Waals surface area contributed by atoms with Crippen LogP contribution in [0.5, 0.6) is 0 Å². The third-order valence-electron chi connectivity index (χ3n) is 1.26. The zero-order valence-electron chi connectivity index (χ0n) is 5.62. The largest absolute Gasteiger partial charge is 0.264 e. The van der Waals surface area contributed by atoms with E-state index in [1.807, 2.05) is 12.1 Å². The first-order valence-electron chi connectivity index (χ1n) is 3.03. The first kappa shape index (κ1) is 7.35. The Kier molecular flexibility index (Phi) is 2.51. The molecule has 52 valence electrons. The summed E-state index contributed by atoms with van der Waals surface area (Å²) in [4.78, 5) is 3.96. The molecule has 1 aromatic heterocycles. The van der Waals surface area contributed by atoms with Crippen LogP contribution in [-0.4, -0.2) is 10.7 Å². The lowest BCUT2D eigenvalue weighted by atomic mass is 10.2. The summed E-state index contributed by atoms with van der Waals surface area (Å²) in [6.07, 6.45) is 3.54. The SMILES string of the molecule is C=C(CS)c1cccnc1. The van der Waals surface area contributed by atoms with E-state index >= 15 is 0 Å². The zero-order valence-corrected chi connectivity index (χ0v) is 6.51. The van der Waals surface area contributed by atoms with Gasteiger partial charge in [0, 0.05) is 18.1 Å². The Hall–Kier alpha value is -0.760. The molecule has 0 bridgehead atoms. The van der Waals surface area contributed by atoms with Crippen molar-refractivity contribution in [2.45, 2.75) is 0 Å². The van der Waals surface area contributed by atoms with Crippen LogP contribution in [0.2, 0.25) is 0 Å². The van der Waals surface area contributed by atoms with E-state index in [0.717, 1.165) is 11.1 Å². The topological polar surface area (TPSA) is 12.9 Å². The van der Waals surface area contributed by atoms with E-state index < -0.39 is 0 Å². The van der Waals surface area contributed by atoms with Crippen LogP contribution >= 0.6 is 12.6 Å². The molecule has 0 saturated carbocycles. The maximum Gasteiger partial charge on any atom is 0.0343 e. The van der Waals surface area contributed by atoms with E-state index in [1.165, 1.54) is 0 Å². The first-order valence-corrected chi connectivity index (χ1v) is 3.67. The Morgan fingerprint density at radius 3 is 3.00 bits per heavy atom. The second-order valence-electron chi connectivity index (χ2n) is 2.00. The van der Waals surface area contributed by atoms with E-state index in [2.05, 4.69) is 24.2 Å². The summed E-state index contributed by atoms with van der Waals surface area (Å²) >= 11 is 4.10. The molecular weight excluding hydrogens is 142 g/mol. The summed E-state index contributed by atoms with van der Waals surface area (Å²) in [6.45, 7) is 3.83. The molecule has 1 heterocycles. The van der Waals surface area contributed by atoms with E-state index in [0.29, 0.717) is 5.75 Å². The molecule has 1 aromatic rings. The Labute approximate surface area is 66.2 Å². The predicted molar refractivity (Wildman–Crippen MR) is 47.1 cm³/mol. The van der Waals surface area contributed by atoms with Gasteiger partial charge in [0.15, 0.2) is 0 Å². The van der Waals surface area contributed by atoms with Crippen LogP contribution < -0.4 is 0 Å². The molecule has 2 heteroatoms. The fourth-order valence-electron chi connectivity index (χ4n) is 0.663. The molecule has 0 radical (unpaired) electrons. The predicted octanol–water partition coefficient (Wildman–Crippen LogP) is 2.02. The van der Waals surface area contributed by atoms with Crippen molar-refractivity contribution in [1.82, 2.24) is 4.98 Å². The Balaban J connectivity index is 2.85. The number of hydrogen-bond acceptors (Lipinski definition) is 2. The van der Waals surface area contributed by atoms with Crippen molar-refractivity contribution >= 4 is 18.2 Å². The van der Waals surface area contributed by atoms with E-state index in [-0.39, 0.29) is 0 Å². The highest BCUT2D eigenvalue weighted by molar-refractivity contribution is 7.80. The molecule has 1 nitrogen and oxygen atoms in total. The molecule has 0 aliphatic rings. The molecule has 0 fully saturated rings. The second kappa shape index (κ2) is 3.42. The molecule has 0 N–H and O–H groups in total. The van der Waals surface area contributed by atoms with Gasteiger partial charge in [0.1, 0.15) is 0 Å². The quantitative estimate of drug-likeness (QED) is 0.638. The van der Waals surface area contributed by atoms with Crippen molar-refractivity contribution < 1.29 is 0 Å². The Morgan fingerprint density at radius 2 is 2.50 bits per heavy atom. The van der Waals surface area contributed by atoms with Crippen molar-refractivity contribution in [2.24, 2.45) is 0 Å². The van der Waals surface area contributed by atoms with E-state index in [1.54, 1.807) is 12.4 Å². The summed E-state index contributed by atoms with van der Waals surface area (Å²) in [5, 5.41) is 0. The first-order chi connectivity index (χ1) is 4.84. The van der Waals surface area contributed by atoms with Crippen molar-refractivity contribution in [3.05, 3.63) is 36.7 Å². The van der Waals surface area contributed by atoms with Gasteiger partial charge in [0.05, 0.1) is 0 Å². The maximum absolute atomic E-state index is 4.10. The summed E-state index contributed by atoms with van der Waals surface area (Å²) in [6, 6.07) is 3.87. The molecular formula is C8H9NS. The lowest BCUT2D eigenvalue weighted by Gasteiger charge is -1.98. The number of nitrogens with zero attached hydrogens (tertiary/aromatic N) is 1. The Morgan fingerprint density at radius 1 is 1.70 bits per heavy atom. The van der Waals surface area contributed by atoms with Crippen molar-refractivity contribution in [3.8, 4) is 0 Å². The summed E-state index contributed by atoms with van der Waals surface area (Å²) in [7, 11) is 0. The fraction of sp³-hybridized carbons (Fsp3) is 0.125. The third kappa shape index (κ3) is 1.61. The van der Waals surface area contributed by atoms with Crippen molar-refractivity contribution in [2.75, 3.05) is 5.75 Å². The highest BCUT2D eigenvalue weighted by atomic mass is 32.1. The van der Waals surface area contributed by atoms with E-state index in [9.17, 15) is 0 Å². The zero-order chi connectivity index (χ0) is 7.40. The number of thiol groups is 1. The summed E-state index contributed by atoms with van der Waals surface area (Å²) < 4.78 is 0. The van der Waals surface area contributed by atoms with Gasteiger partial charge in [-0.15, -0.1) is 0 Å². The van der Waals surface area contributed by atoms with Gasteiger partial charge in [0.2, 0.25) is 0 Å².